The molecule has 132 valence electrons. The second-order valence-electron chi connectivity index (χ2n) is 5.39. The Morgan fingerprint density at radius 1 is 1.12 bits per heavy atom. The zero-order valence-electron chi connectivity index (χ0n) is 13.2. The fourth-order valence-electron chi connectivity index (χ4n) is 2.32. The van der Waals surface area contributed by atoms with E-state index >= 15 is 0 Å². The highest BCUT2D eigenvalue weighted by molar-refractivity contribution is 7.89. The fraction of sp³-hybridized carbons (Fsp3) is 0.188. The molecular weight excluding hydrogens is 362 g/mol. The molecule has 0 saturated carbocycles. The van der Waals surface area contributed by atoms with Gasteiger partial charge in [-0.2, -0.15) is 0 Å². The summed E-state index contributed by atoms with van der Waals surface area (Å²) in [5, 5.41) is 11.7. The number of ether oxygens (including phenoxy) is 2. The number of nitrogens with two attached hydrogens (primary N) is 1. The Labute approximate surface area is 151 Å². The third-order valence-corrected chi connectivity index (χ3v) is 4.76. The van der Waals surface area contributed by atoms with Gasteiger partial charge in [-0.25, -0.2) is 13.6 Å². The maximum absolute atomic E-state index is 11.2. The summed E-state index contributed by atoms with van der Waals surface area (Å²) in [4.78, 5) is 0.101. The zero-order valence-corrected chi connectivity index (χ0v) is 14.8. The van der Waals surface area contributed by atoms with E-state index in [4.69, 9.17) is 26.8 Å². The number of hydrogen-bond acceptors (Lipinski definition) is 5. The first-order valence-electron chi connectivity index (χ1n) is 7.48. The second-order valence-corrected chi connectivity index (χ2v) is 7.36. The average molecular weight is 379 g/mol. The molecule has 3 rings (SSSR count). The summed E-state index contributed by atoms with van der Waals surface area (Å²) in [5.74, 6) is 1.40. The number of rotatable bonds is 5. The third-order valence-electron chi connectivity index (χ3n) is 3.58. The number of benzene rings is 2. The summed E-state index contributed by atoms with van der Waals surface area (Å²) < 4.78 is 33.0. The van der Waals surface area contributed by atoms with E-state index in [0.717, 1.165) is 11.3 Å². The number of anilines is 1. The lowest BCUT2D eigenvalue weighted by molar-refractivity contribution is 0.174. The predicted octanol–water partition coefficient (Wildman–Crippen LogP) is 1.59. The van der Waals surface area contributed by atoms with Crippen molar-refractivity contribution in [1.29, 1.82) is 0 Å². The molecule has 0 spiro atoms. The van der Waals surface area contributed by atoms with Gasteiger partial charge in [-0.3, -0.25) is 0 Å². The molecule has 2 aromatic carbocycles. The van der Waals surface area contributed by atoms with Gasteiger partial charge in [0.15, 0.2) is 16.6 Å². The van der Waals surface area contributed by atoms with E-state index in [1.165, 1.54) is 12.1 Å². The molecule has 0 atom stereocenters. The van der Waals surface area contributed by atoms with Gasteiger partial charge < -0.3 is 20.1 Å². The third kappa shape index (κ3) is 4.59. The van der Waals surface area contributed by atoms with Gasteiger partial charge in [0.1, 0.15) is 0 Å². The molecule has 0 fully saturated rings. The quantitative estimate of drug-likeness (QED) is 0.678. The minimum absolute atomic E-state index is 0.101. The molecule has 2 aromatic rings. The van der Waals surface area contributed by atoms with Crippen molar-refractivity contribution in [2.75, 3.05) is 18.7 Å². The number of nitrogens with one attached hydrogen (secondary N) is 2. The molecule has 1 aliphatic rings. The lowest BCUT2D eigenvalue weighted by Gasteiger charge is -2.11. The molecule has 0 aliphatic carbocycles. The predicted molar refractivity (Wildman–Crippen MR) is 98.3 cm³/mol. The van der Waals surface area contributed by atoms with Crippen molar-refractivity contribution < 1.29 is 17.9 Å². The van der Waals surface area contributed by atoms with Crippen LogP contribution < -0.4 is 25.2 Å². The van der Waals surface area contributed by atoms with Crippen LogP contribution in [0.2, 0.25) is 0 Å². The molecule has 4 N–H and O–H groups in total. The Bertz CT molecular complexity index is 883. The van der Waals surface area contributed by atoms with Gasteiger partial charge in [-0.05, 0) is 48.5 Å². The summed E-state index contributed by atoms with van der Waals surface area (Å²) in [6.45, 7) is 0.830. The van der Waals surface area contributed by atoms with Crippen molar-refractivity contribution in [3.63, 3.8) is 0 Å². The lowest BCUT2D eigenvalue weighted by atomic mass is 10.1. The first-order valence-corrected chi connectivity index (χ1v) is 9.43. The number of hydrogen-bond donors (Lipinski definition) is 3. The first kappa shape index (κ1) is 17.5. The van der Waals surface area contributed by atoms with E-state index in [1.807, 2.05) is 18.2 Å². The summed E-state index contributed by atoms with van der Waals surface area (Å²) in [6.07, 6.45) is 0.688. The van der Waals surface area contributed by atoms with E-state index in [9.17, 15) is 8.42 Å². The lowest BCUT2D eigenvalue weighted by Crippen LogP contribution is -2.30. The van der Waals surface area contributed by atoms with E-state index in [2.05, 4.69) is 10.6 Å². The van der Waals surface area contributed by atoms with Gasteiger partial charge >= 0.3 is 0 Å². The second kappa shape index (κ2) is 7.26. The average Bonchev–Trinajstić information content (AvgIpc) is 3.02. The molecule has 9 heteroatoms. The van der Waals surface area contributed by atoms with Crippen LogP contribution in [0.3, 0.4) is 0 Å². The fourth-order valence-corrected chi connectivity index (χ4v) is 3.05. The Hall–Kier alpha value is -2.36. The van der Waals surface area contributed by atoms with Crippen molar-refractivity contribution >= 4 is 33.0 Å². The minimum Gasteiger partial charge on any atom is -0.454 e. The standard InChI is InChI=1S/C16H17N3O4S2/c17-25(20,21)13-4-1-11(2-5-13)7-8-18-16(24)19-12-3-6-14-15(9-12)23-10-22-14/h1-6,9H,7-8,10H2,(H2,17,20,21)(H2,18,19,24). The van der Waals surface area contributed by atoms with E-state index in [1.54, 1.807) is 12.1 Å². The van der Waals surface area contributed by atoms with Gasteiger partial charge in [0.25, 0.3) is 0 Å². The van der Waals surface area contributed by atoms with Crippen molar-refractivity contribution in [3.05, 3.63) is 48.0 Å². The van der Waals surface area contributed by atoms with Crippen molar-refractivity contribution in [2.45, 2.75) is 11.3 Å². The van der Waals surface area contributed by atoms with Crippen LogP contribution in [-0.2, 0) is 16.4 Å². The Kier molecular flexibility index (Phi) is 5.07. The Balaban J connectivity index is 1.48. The van der Waals surface area contributed by atoms with Crippen molar-refractivity contribution in [1.82, 2.24) is 5.32 Å². The summed E-state index contributed by atoms with van der Waals surface area (Å²) in [6, 6.07) is 11.9. The van der Waals surface area contributed by atoms with Crippen LogP contribution in [0.15, 0.2) is 47.4 Å². The molecule has 0 saturated heterocycles. The van der Waals surface area contributed by atoms with Crippen molar-refractivity contribution in [2.24, 2.45) is 5.14 Å². The highest BCUT2D eigenvalue weighted by Crippen LogP contribution is 2.34. The van der Waals surface area contributed by atoms with Gasteiger partial charge in [0.05, 0.1) is 4.90 Å². The monoisotopic (exact) mass is 379 g/mol. The largest absolute Gasteiger partial charge is 0.454 e. The van der Waals surface area contributed by atoms with Crippen LogP contribution in [-0.4, -0.2) is 26.9 Å². The number of sulfonamides is 1. The minimum atomic E-state index is -3.66. The Morgan fingerprint density at radius 2 is 1.84 bits per heavy atom. The molecule has 0 aromatic heterocycles. The molecule has 0 unspecified atom stereocenters. The number of thiocarbonyl (C=S) groups is 1. The molecular formula is C16H17N3O4S2. The van der Waals surface area contributed by atoms with Crippen LogP contribution >= 0.6 is 12.2 Å². The first-order chi connectivity index (χ1) is 11.9. The maximum atomic E-state index is 11.2. The molecule has 0 bridgehead atoms. The van der Waals surface area contributed by atoms with Gasteiger partial charge in [-0.15, -0.1) is 0 Å². The van der Waals surface area contributed by atoms with Gasteiger partial charge in [0, 0.05) is 18.3 Å². The zero-order chi connectivity index (χ0) is 17.9. The summed E-state index contributed by atoms with van der Waals surface area (Å²) in [5.41, 5.74) is 1.78. The molecule has 25 heavy (non-hydrogen) atoms. The Morgan fingerprint density at radius 3 is 2.56 bits per heavy atom. The highest BCUT2D eigenvalue weighted by Gasteiger charge is 2.13. The maximum Gasteiger partial charge on any atom is 0.238 e. The molecule has 1 heterocycles. The van der Waals surface area contributed by atoms with E-state index in [0.29, 0.717) is 29.6 Å². The van der Waals surface area contributed by atoms with Crippen LogP contribution in [0.1, 0.15) is 5.56 Å². The molecule has 0 radical (unpaired) electrons. The highest BCUT2D eigenvalue weighted by atomic mass is 32.2. The smallest absolute Gasteiger partial charge is 0.238 e. The van der Waals surface area contributed by atoms with Crippen LogP contribution in [0.5, 0.6) is 11.5 Å². The normalized spacial score (nSPS) is 12.7. The summed E-state index contributed by atoms with van der Waals surface area (Å²) in [7, 11) is -3.66. The van der Waals surface area contributed by atoms with E-state index < -0.39 is 10.0 Å². The van der Waals surface area contributed by atoms with E-state index in [-0.39, 0.29) is 11.7 Å². The topological polar surface area (TPSA) is 103 Å². The van der Waals surface area contributed by atoms with Gasteiger partial charge in [0.2, 0.25) is 16.8 Å². The van der Waals surface area contributed by atoms with Crippen LogP contribution in [0.25, 0.3) is 0 Å². The number of primary sulfonamides is 1. The molecule has 7 nitrogen and oxygen atoms in total. The van der Waals surface area contributed by atoms with Crippen LogP contribution in [0.4, 0.5) is 5.69 Å². The SMILES string of the molecule is NS(=O)(=O)c1ccc(CCNC(=S)Nc2ccc3c(c2)OCO3)cc1. The summed E-state index contributed by atoms with van der Waals surface area (Å²) >= 11 is 5.26. The number of fused-ring (bicyclic) bond motifs is 1. The molecule has 1 aliphatic heterocycles. The van der Waals surface area contributed by atoms with Gasteiger partial charge in [-0.1, -0.05) is 12.1 Å². The molecule has 0 amide bonds. The van der Waals surface area contributed by atoms with Crippen molar-refractivity contribution in [3.8, 4) is 11.5 Å². The van der Waals surface area contributed by atoms with Crippen LogP contribution in [0, 0.1) is 0 Å².